The molecule has 0 bridgehead atoms. The highest BCUT2D eigenvalue weighted by molar-refractivity contribution is 5.74. The second-order valence-electron chi connectivity index (χ2n) is 7.83. The average Bonchev–Trinajstić information content (AvgIpc) is 2.82. The summed E-state index contributed by atoms with van der Waals surface area (Å²) in [5, 5.41) is 6.80. The predicted octanol–water partition coefficient (Wildman–Crippen LogP) is 5.69. The van der Waals surface area contributed by atoms with Crippen LogP contribution in [0.15, 0.2) is 79.3 Å². The van der Waals surface area contributed by atoms with Gasteiger partial charge in [-0.2, -0.15) is 0 Å². The highest BCUT2D eigenvalue weighted by Gasteiger charge is 2.09. The van der Waals surface area contributed by atoms with Crippen molar-refractivity contribution in [1.82, 2.24) is 9.97 Å². The van der Waals surface area contributed by atoms with E-state index in [4.69, 9.17) is 4.74 Å². The largest absolute Gasteiger partial charge is 0.484 e. The van der Waals surface area contributed by atoms with Crippen LogP contribution >= 0.6 is 0 Å². The van der Waals surface area contributed by atoms with Crippen LogP contribution in [0.25, 0.3) is 11.1 Å². The summed E-state index contributed by atoms with van der Waals surface area (Å²) in [5.74, 6) is 1.39. The van der Waals surface area contributed by atoms with Gasteiger partial charge in [-0.1, -0.05) is 18.2 Å². The Morgan fingerprint density at radius 1 is 0.939 bits per heavy atom. The average molecular weight is 439 g/mol. The Hall–Kier alpha value is -4.19. The van der Waals surface area contributed by atoms with Gasteiger partial charge in [-0.3, -0.25) is 9.78 Å². The van der Waals surface area contributed by atoms with E-state index in [0.29, 0.717) is 12.3 Å². The Morgan fingerprint density at radius 3 is 2.52 bits per heavy atom. The van der Waals surface area contributed by atoms with Crippen molar-refractivity contribution in [2.24, 2.45) is 0 Å². The maximum atomic E-state index is 10.8. The maximum absolute atomic E-state index is 10.8. The molecule has 2 aromatic heterocycles. The minimum atomic E-state index is 0.000152. The number of rotatable bonds is 9. The van der Waals surface area contributed by atoms with Gasteiger partial charge < -0.3 is 15.4 Å². The number of aromatic nitrogens is 2. The first kappa shape index (κ1) is 22.0. The Bertz CT molecular complexity index is 1220. The van der Waals surface area contributed by atoms with Gasteiger partial charge in [0.05, 0.1) is 5.69 Å². The summed E-state index contributed by atoms with van der Waals surface area (Å²) in [7, 11) is 0. The third kappa shape index (κ3) is 5.95. The van der Waals surface area contributed by atoms with Gasteiger partial charge in [-0.25, -0.2) is 4.98 Å². The predicted molar refractivity (Wildman–Crippen MR) is 132 cm³/mol. The summed E-state index contributed by atoms with van der Waals surface area (Å²) < 4.78 is 5.62. The third-order valence-corrected chi connectivity index (χ3v) is 5.08. The van der Waals surface area contributed by atoms with E-state index in [9.17, 15) is 4.79 Å². The van der Waals surface area contributed by atoms with Gasteiger partial charge in [0.25, 0.3) is 0 Å². The highest BCUT2D eigenvalue weighted by Crippen LogP contribution is 2.32. The van der Waals surface area contributed by atoms with E-state index in [2.05, 4.69) is 52.6 Å². The lowest BCUT2D eigenvalue weighted by molar-refractivity contribution is -0.109. The number of ether oxygens (including phenoxy) is 1. The molecule has 6 nitrogen and oxygen atoms in total. The molecule has 0 amide bonds. The van der Waals surface area contributed by atoms with E-state index in [-0.39, 0.29) is 6.61 Å². The van der Waals surface area contributed by atoms with Gasteiger partial charge in [0.2, 0.25) is 0 Å². The molecule has 0 spiro atoms. The van der Waals surface area contributed by atoms with Crippen LogP contribution in [0, 0.1) is 13.8 Å². The van der Waals surface area contributed by atoms with Crippen molar-refractivity contribution in [2.75, 3.05) is 17.2 Å². The number of nitrogens with zero attached hydrogens (tertiary/aromatic N) is 2. The Balaban J connectivity index is 1.59. The smallest absolute Gasteiger partial charge is 0.157 e. The molecule has 6 heteroatoms. The van der Waals surface area contributed by atoms with E-state index >= 15 is 0 Å². The SMILES string of the molecule is Cc1cc(C)cc(Nc2cc(-c3ccc(OCC=O)c(NCc4cccnc4)c3)ccn2)c1. The molecule has 0 saturated heterocycles. The van der Waals surface area contributed by atoms with Crippen LogP contribution in [0.2, 0.25) is 0 Å². The van der Waals surface area contributed by atoms with Crippen molar-refractivity contribution in [3.05, 3.63) is 95.9 Å². The fourth-order valence-corrected chi connectivity index (χ4v) is 3.67. The van der Waals surface area contributed by atoms with Crippen LogP contribution in [-0.4, -0.2) is 22.9 Å². The zero-order valence-electron chi connectivity index (χ0n) is 18.7. The number of benzene rings is 2. The topological polar surface area (TPSA) is 76.1 Å². The summed E-state index contributed by atoms with van der Waals surface area (Å²) in [6, 6.07) is 20.1. The number of pyridine rings is 2. The normalized spacial score (nSPS) is 10.5. The minimum Gasteiger partial charge on any atom is -0.484 e. The number of aldehydes is 1. The molecule has 4 rings (SSSR count). The summed E-state index contributed by atoms with van der Waals surface area (Å²) in [5.41, 5.74) is 7.28. The van der Waals surface area contributed by atoms with Crippen LogP contribution in [0.1, 0.15) is 16.7 Å². The Morgan fingerprint density at radius 2 is 1.76 bits per heavy atom. The van der Waals surface area contributed by atoms with Crippen molar-refractivity contribution in [1.29, 1.82) is 0 Å². The standard InChI is InChI=1S/C27H26N4O2/c1-19-12-20(2)14-24(13-19)31-27-16-23(7-9-29-27)22-5-6-26(33-11-10-32)25(15-22)30-18-21-4-3-8-28-17-21/h3-10,12-17,30H,11,18H2,1-2H3,(H,29,31). The Kier molecular flexibility index (Phi) is 6.95. The van der Waals surface area contributed by atoms with E-state index < -0.39 is 0 Å². The van der Waals surface area contributed by atoms with E-state index in [1.807, 2.05) is 48.7 Å². The van der Waals surface area contributed by atoms with E-state index in [1.165, 1.54) is 11.1 Å². The molecule has 2 N–H and O–H groups in total. The second kappa shape index (κ2) is 10.4. The third-order valence-electron chi connectivity index (χ3n) is 5.08. The molecule has 2 heterocycles. The van der Waals surface area contributed by atoms with Gasteiger partial charge in [-0.05, 0) is 84.1 Å². The van der Waals surface area contributed by atoms with Crippen molar-refractivity contribution >= 4 is 23.5 Å². The molecular weight excluding hydrogens is 412 g/mol. The second-order valence-corrected chi connectivity index (χ2v) is 7.83. The van der Waals surface area contributed by atoms with Crippen molar-refractivity contribution in [3.63, 3.8) is 0 Å². The highest BCUT2D eigenvalue weighted by atomic mass is 16.5. The maximum Gasteiger partial charge on any atom is 0.157 e. The summed E-state index contributed by atoms with van der Waals surface area (Å²) in [6.07, 6.45) is 6.10. The van der Waals surface area contributed by atoms with Gasteiger partial charge >= 0.3 is 0 Å². The lowest BCUT2D eigenvalue weighted by Crippen LogP contribution is -2.05. The first-order valence-electron chi connectivity index (χ1n) is 10.8. The van der Waals surface area contributed by atoms with Crippen LogP contribution < -0.4 is 15.4 Å². The first-order valence-corrected chi connectivity index (χ1v) is 10.8. The van der Waals surface area contributed by atoms with Crippen LogP contribution in [-0.2, 0) is 11.3 Å². The van der Waals surface area contributed by atoms with Crippen LogP contribution in [0.5, 0.6) is 5.75 Å². The van der Waals surface area contributed by atoms with E-state index in [1.54, 1.807) is 12.4 Å². The fraction of sp³-hybridized carbons (Fsp3) is 0.148. The molecule has 0 unspecified atom stereocenters. The van der Waals surface area contributed by atoms with Crippen LogP contribution in [0.4, 0.5) is 17.2 Å². The van der Waals surface area contributed by atoms with Gasteiger partial charge in [0.15, 0.2) is 6.29 Å². The molecule has 33 heavy (non-hydrogen) atoms. The molecule has 0 aliphatic rings. The zero-order valence-corrected chi connectivity index (χ0v) is 18.7. The molecule has 0 saturated carbocycles. The molecular formula is C27H26N4O2. The Labute approximate surface area is 193 Å². The summed E-state index contributed by atoms with van der Waals surface area (Å²) >= 11 is 0. The quantitative estimate of drug-likeness (QED) is 0.327. The number of nitrogens with one attached hydrogen (secondary N) is 2. The number of hydrogen-bond donors (Lipinski definition) is 2. The van der Waals surface area contributed by atoms with Gasteiger partial charge in [0, 0.05) is 30.8 Å². The number of anilines is 3. The number of hydrogen-bond acceptors (Lipinski definition) is 6. The zero-order chi connectivity index (χ0) is 23.0. The monoisotopic (exact) mass is 438 g/mol. The number of aryl methyl sites for hydroxylation is 2. The van der Waals surface area contributed by atoms with Crippen molar-refractivity contribution in [3.8, 4) is 16.9 Å². The number of carbonyl (C=O) groups is 1. The molecule has 0 aliphatic carbocycles. The molecule has 166 valence electrons. The molecule has 0 fully saturated rings. The molecule has 2 aromatic carbocycles. The first-order chi connectivity index (χ1) is 16.1. The van der Waals surface area contributed by atoms with Crippen molar-refractivity contribution < 1.29 is 9.53 Å². The molecule has 0 atom stereocenters. The molecule has 4 aromatic rings. The lowest BCUT2D eigenvalue weighted by Gasteiger charge is -2.15. The lowest BCUT2D eigenvalue weighted by atomic mass is 10.1. The fourth-order valence-electron chi connectivity index (χ4n) is 3.67. The molecule has 0 radical (unpaired) electrons. The van der Waals surface area contributed by atoms with Crippen LogP contribution in [0.3, 0.4) is 0 Å². The van der Waals surface area contributed by atoms with Gasteiger partial charge in [-0.15, -0.1) is 0 Å². The van der Waals surface area contributed by atoms with Gasteiger partial charge in [0.1, 0.15) is 18.2 Å². The summed E-state index contributed by atoms with van der Waals surface area (Å²) in [6.45, 7) is 4.75. The van der Waals surface area contributed by atoms with Crippen molar-refractivity contribution in [2.45, 2.75) is 20.4 Å². The minimum absolute atomic E-state index is 0.000152. The van der Waals surface area contributed by atoms with E-state index in [0.717, 1.165) is 40.2 Å². The molecule has 0 aliphatic heterocycles. The summed E-state index contributed by atoms with van der Waals surface area (Å²) in [4.78, 5) is 19.5. The number of carbonyl (C=O) groups excluding carboxylic acids is 1.